The van der Waals surface area contributed by atoms with Crippen LogP contribution in [0.5, 0.6) is 11.5 Å². The third-order valence-electron chi connectivity index (χ3n) is 5.61. The summed E-state index contributed by atoms with van der Waals surface area (Å²) in [6, 6.07) is 10.5. The zero-order chi connectivity index (χ0) is 24.4. The van der Waals surface area contributed by atoms with E-state index in [1.165, 1.54) is 7.11 Å². The number of rotatable bonds is 6. The predicted octanol–water partition coefficient (Wildman–Crippen LogP) is 4.57. The lowest BCUT2D eigenvalue weighted by Gasteiger charge is -2.28. The van der Waals surface area contributed by atoms with E-state index in [1.54, 1.807) is 35.7 Å². The molecule has 2 aromatic carbocycles. The lowest BCUT2D eigenvalue weighted by atomic mass is 10.0. The lowest BCUT2D eigenvalue weighted by molar-refractivity contribution is 0.0513. The van der Waals surface area contributed by atoms with Crippen LogP contribution in [-0.2, 0) is 17.7 Å². The first-order chi connectivity index (χ1) is 16.4. The Balaban J connectivity index is 1.74. The van der Waals surface area contributed by atoms with Crippen molar-refractivity contribution in [3.8, 4) is 17.2 Å². The molecule has 0 atom stereocenters. The van der Waals surface area contributed by atoms with E-state index in [1.807, 2.05) is 24.3 Å². The van der Waals surface area contributed by atoms with Crippen LogP contribution in [0.15, 0.2) is 36.4 Å². The molecule has 34 heavy (non-hydrogen) atoms. The second kappa shape index (κ2) is 9.95. The highest BCUT2D eigenvalue weighted by atomic mass is 35.5. The molecule has 0 aliphatic carbocycles. The molecule has 0 radical (unpaired) electrons. The number of esters is 1. The minimum Gasteiger partial charge on any atom is -0.497 e. The second-order valence-electron chi connectivity index (χ2n) is 7.52. The second-order valence-corrected chi connectivity index (χ2v) is 8.33. The first kappa shape index (κ1) is 23.9. The van der Waals surface area contributed by atoms with E-state index >= 15 is 0 Å². The summed E-state index contributed by atoms with van der Waals surface area (Å²) in [5.41, 5.74) is 2.59. The maximum Gasteiger partial charge on any atom is 0.359 e. The van der Waals surface area contributed by atoms with Crippen LogP contribution in [0.2, 0.25) is 10.0 Å². The van der Waals surface area contributed by atoms with E-state index in [4.69, 9.17) is 37.4 Å². The molecule has 3 aromatic rings. The van der Waals surface area contributed by atoms with E-state index in [2.05, 4.69) is 5.10 Å². The van der Waals surface area contributed by atoms with Crippen LogP contribution in [0.1, 0.15) is 39.0 Å². The Bertz CT molecular complexity index is 1240. The average Bonchev–Trinajstić information content (AvgIpc) is 3.24. The van der Waals surface area contributed by atoms with Crippen molar-refractivity contribution >= 4 is 35.1 Å². The van der Waals surface area contributed by atoms with E-state index in [-0.39, 0.29) is 46.1 Å². The van der Waals surface area contributed by atoms with Gasteiger partial charge in [-0.05, 0) is 43.3 Å². The molecule has 0 unspecified atom stereocenters. The molecule has 2 heterocycles. The molecule has 1 amide bonds. The first-order valence-corrected chi connectivity index (χ1v) is 11.4. The zero-order valence-corrected chi connectivity index (χ0v) is 20.4. The van der Waals surface area contributed by atoms with Gasteiger partial charge in [-0.3, -0.25) is 4.79 Å². The molecule has 0 fully saturated rings. The molecule has 1 aromatic heterocycles. The van der Waals surface area contributed by atoms with Crippen molar-refractivity contribution in [2.75, 3.05) is 27.4 Å². The summed E-state index contributed by atoms with van der Waals surface area (Å²) in [6.07, 6.45) is 0.472. The number of ether oxygens (including phenoxy) is 3. The van der Waals surface area contributed by atoms with Gasteiger partial charge in [-0.1, -0.05) is 23.2 Å². The highest BCUT2D eigenvalue weighted by molar-refractivity contribution is 6.37. The maximum absolute atomic E-state index is 13.5. The van der Waals surface area contributed by atoms with Crippen LogP contribution >= 0.6 is 23.2 Å². The molecule has 0 bridgehead atoms. The van der Waals surface area contributed by atoms with Crippen LogP contribution in [0.25, 0.3) is 5.69 Å². The highest BCUT2D eigenvalue weighted by Crippen LogP contribution is 2.36. The van der Waals surface area contributed by atoms with E-state index in [0.717, 1.165) is 11.4 Å². The fourth-order valence-corrected chi connectivity index (χ4v) is 4.45. The van der Waals surface area contributed by atoms with Crippen molar-refractivity contribution in [1.82, 2.24) is 14.7 Å². The fraction of sp³-hybridized carbons (Fsp3) is 0.292. The third kappa shape index (κ3) is 4.31. The number of hydrogen-bond acceptors (Lipinski definition) is 6. The Hall–Kier alpha value is -3.23. The normalized spacial score (nSPS) is 12.8. The van der Waals surface area contributed by atoms with Crippen LogP contribution in [0.4, 0.5) is 0 Å². The largest absolute Gasteiger partial charge is 0.497 e. The number of carbonyl (C=O) groups is 2. The molecular formula is C24H23Cl2N3O5. The van der Waals surface area contributed by atoms with Crippen LogP contribution in [0.3, 0.4) is 0 Å². The first-order valence-electron chi connectivity index (χ1n) is 10.6. The summed E-state index contributed by atoms with van der Waals surface area (Å²) in [5, 5.41) is 5.08. The number of nitrogens with zero attached hydrogens (tertiary/aromatic N) is 3. The molecule has 0 N–H and O–H groups in total. The van der Waals surface area contributed by atoms with Crippen molar-refractivity contribution < 1.29 is 23.8 Å². The number of carbonyl (C=O) groups excluding carboxylic acids is 2. The van der Waals surface area contributed by atoms with Crippen LogP contribution in [-0.4, -0.2) is 53.9 Å². The van der Waals surface area contributed by atoms with E-state index in [0.29, 0.717) is 24.3 Å². The van der Waals surface area contributed by atoms with Gasteiger partial charge in [0, 0.05) is 18.5 Å². The Morgan fingerprint density at radius 2 is 1.74 bits per heavy atom. The van der Waals surface area contributed by atoms with Crippen LogP contribution in [0, 0.1) is 0 Å². The number of amides is 1. The van der Waals surface area contributed by atoms with Gasteiger partial charge >= 0.3 is 5.97 Å². The number of fused-ring (bicyclic) bond motifs is 1. The number of methoxy groups -OCH3 is 2. The van der Waals surface area contributed by atoms with Crippen LogP contribution < -0.4 is 9.47 Å². The molecule has 178 valence electrons. The van der Waals surface area contributed by atoms with Crippen molar-refractivity contribution in [3.05, 3.63) is 69.0 Å². The summed E-state index contributed by atoms with van der Waals surface area (Å²) in [5.74, 6) is 0.0321. The molecule has 0 saturated carbocycles. The Kier molecular flexibility index (Phi) is 7.00. The van der Waals surface area contributed by atoms with Crippen molar-refractivity contribution in [2.24, 2.45) is 0 Å². The molecule has 0 spiro atoms. The molecule has 8 nitrogen and oxygen atoms in total. The monoisotopic (exact) mass is 503 g/mol. The third-order valence-corrected chi connectivity index (χ3v) is 6.22. The van der Waals surface area contributed by atoms with Gasteiger partial charge in [0.1, 0.15) is 11.3 Å². The van der Waals surface area contributed by atoms with Crippen molar-refractivity contribution in [2.45, 2.75) is 19.9 Å². The molecule has 0 saturated heterocycles. The molecule has 4 rings (SSSR count). The van der Waals surface area contributed by atoms with Gasteiger partial charge in [0.15, 0.2) is 11.4 Å². The number of aromatic nitrogens is 2. The summed E-state index contributed by atoms with van der Waals surface area (Å²) >= 11 is 12.6. The molecular weight excluding hydrogens is 481 g/mol. The van der Waals surface area contributed by atoms with E-state index < -0.39 is 5.97 Å². The Morgan fingerprint density at radius 1 is 1.03 bits per heavy atom. The van der Waals surface area contributed by atoms with Gasteiger partial charge in [0.25, 0.3) is 5.91 Å². The summed E-state index contributed by atoms with van der Waals surface area (Å²) in [6.45, 7) is 2.49. The van der Waals surface area contributed by atoms with Gasteiger partial charge in [-0.15, -0.1) is 0 Å². The molecule has 1 aliphatic rings. The highest BCUT2D eigenvalue weighted by Gasteiger charge is 2.33. The van der Waals surface area contributed by atoms with Gasteiger partial charge in [0.2, 0.25) is 0 Å². The van der Waals surface area contributed by atoms with Crippen molar-refractivity contribution in [1.29, 1.82) is 0 Å². The predicted molar refractivity (Wildman–Crippen MR) is 128 cm³/mol. The lowest BCUT2D eigenvalue weighted by Crippen LogP contribution is -2.37. The maximum atomic E-state index is 13.5. The number of benzene rings is 2. The zero-order valence-electron chi connectivity index (χ0n) is 18.9. The fourth-order valence-electron chi connectivity index (χ4n) is 3.98. The average molecular weight is 504 g/mol. The van der Waals surface area contributed by atoms with Gasteiger partial charge in [-0.2, -0.15) is 5.10 Å². The summed E-state index contributed by atoms with van der Waals surface area (Å²) in [7, 11) is 3.02. The van der Waals surface area contributed by atoms with Gasteiger partial charge in [-0.25, -0.2) is 9.48 Å². The minimum atomic E-state index is -0.543. The number of hydrogen-bond donors (Lipinski definition) is 0. The topological polar surface area (TPSA) is 82.9 Å². The summed E-state index contributed by atoms with van der Waals surface area (Å²) in [4.78, 5) is 27.8. The standard InChI is InChI=1S/C24H23Cl2N3O5/c1-4-34-24(31)21-16-13-28(23(30)20-17(25)9-10-18(26)22(20)33-3)12-11-19(16)29(27-21)14-5-7-15(32-2)8-6-14/h5-10H,4,11-13H2,1-3H3. The number of halogens is 2. The van der Waals surface area contributed by atoms with Gasteiger partial charge in [0.05, 0.1) is 48.8 Å². The van der Waals surface area contributed by atoms with Gasteiger partial charge < -0.3 is 19.1 Å². The SMILES string of the molecule is CCOC(=O)c1nn(-c2ccc(OC)cc2)c2c1CN(C(=O)c1c(Cl)ccc(Cl)c1OC)CC2. The van der Waals surface area contributed by atoms with Crippen molar-refractivity contribution in [3.63, 3.8) is 0 Å². The Morgan fingerprint density at radius 3 is 2.38 bits per heavy atom. The van der Waals surface area contributed by atoms with E-state index in [9.17, 15) is 9.59 Å². The molecule has 10 heteroatoms. The minimum absolute atomic E-state index is 0.157. The Labute approximate surface area is 206 Å². The summed E-state index contributed by atoms with van der Waals surface area (Å²) < 4.78 is 17.5. The molecule has 1 aliphatic heterocycles. The smallest absolute Gasteiger partial charge is 0.359 e. The quantitative estimate of drug-likeness (QED) is 0.458.